The first-order valence-electron chi connectivity index (χ1n) is 6.18. The van der Waals surface area contributed by atoms with E-state index in [0.29, 0.717) is 0 Å². The molecule has 92 valence electrons. The van der Waals surface area contributed by atoms with E-state index in [9.17, 15) is 0 Å². The van der Waals surface area contributed by atoms with E-state index >= 15 is 0 Å². The minimum absolute atomic E-state index is 0.245. The molecule has 0 saturated heterocycles. The number of aromatic nitrogens is 3. The average Bonchev–Trinajstić information content (AvgIpc) is 2.97. The number of H-pyrrole nitrogens is 1. The lowest BCUT2D eigenvalue weighted by Gasteiger charge is -2.13. The van der Waals surface area contributed by atoms with Crippen LogP contribution in [-0.2, 0) is 13.1 Å². The highest BCUT2D eigenvalue weighted by Gasteiger charge is 2.07. The maximum atomic E-state index is 4.25. The van der Waals surface area contributed by atoms with Gasteiger partial charge in [-0.3, -0.25) is 0 Å². The van der Waals surface area contributed by atoms with Gasteiger partial charge in [-0.05, 0) is 25.5 Å². The lowest BCUT2D eigenvalue weighted by atomic mass is 10.3. The molecule has 0 aromatic carbocycles. The van der Waals surface area contributed by atoms with E-state index in [2.05, 4.69) is 52.0 Å². The van der Waals surface area contributed by atoms with Crippen LogP contribution in [0.25, 0.3) is 0 Å². The molecule has 1 unspecified atom stereocenters. The van der Waals surface area contributed by atoms with Crippen molar-refractivity contribution in [2.45, 2.75) is 39.4 Å². The number of rotatable bonds is 6. The predicted molar refractivity (Wildman–Crippen MR) is 68.6 cm³/mol. The zero-order valence-electron chi connectivity index (χ0n) is 10.5. The van der Waals surface area contributed by atoms with Gasteiger partial charge in [0.05, 0.1) is 6.04 Å². The summed E-state index contributed by atoms with van der Waals surface area (Å²) in [5.74, 6) is 0.985. The normalized spacial score (nSPS) is 12.8. The highest BCUT2D eigenvalue weighted by molar-refractivity contribution is 5.07. The van der Waals surface area contributed by atoms with Gasteiger partial charge in [-0.2, -0.15) is 0 Å². The van der Waals surface area contributed by atoms with Gasteiger partial charge in [0.2, 0.25) is 0 Å². The van der Waals surface area contributed by atoms with Gasteiger partial charge in [0.25, 0.3) is 0 Å². The molecule has 0 spiro atoms. The molecule has 2 aromatic heterocycles. The Bertz CT molecular complexity index is 430. The van der Waals surface area contributed by atoms with E-state index in [1.807, 2.05) is 6.20 Å². The Kier molecular flexibility index (Phi) is 3.98. The second-order valence-corrected chi connectivity index (χ2v) is 4.27. The first kappa shape index (κ1) is 11.9. The van der Waals surface area contributed by atoms with Crippen LogP contribution < -0.4 is 5.32 Å². The zero-order valence-corrected chi connectivity index (χ0v) is 10.5. The van der Waals surface area contributed by atoms with Gasteiger partial charge in [0.1, 0.15) is 5.82 Å². The maximum Gasteiger partial charge on any atom is 0.122 e. The van der Waals surface area contributed by atoms with Crippen molar-refractivity contribution >= 4 is 0 Å². The lowest BCUT2D eigenvalue weighted by Crippen LogP contribution is -2.21. The molecule has 0 bridgehead atoms. The van der Waals surface area contributed by atoms with Crippen molar-refractivity contribution in [2.24, 2.45) is 0 Å². The van der Waals surface area contributed by atoms with Gasteiger partial charge in [-0.25, -0.2) is 4.98 Å². The Morgan fingerprint density at radius 3 is 3.12 bits per heavy atom. The summed E-state index contributed by atoms with van der Waals surface area (Å²) in [6.07, 6.45) is 6.94. The molecule has 1 atom stereocenters. The van der Waals surface area contributed by atoms with Gasteiger partial charge in [0.15, 0.2) is 0 Å². The monoisotopic (exact) mass is 232 g/mol. The molecule has 2 heterocycles. The van der Waals surface area contributed by atoms with Crippen molar-refractivity contribution in [3.8, 4) is 0 Å². The molecule has 0 saturated carbocycles. The summed E-state index contributed by atoms with van der Waals surface area (Å²) in [5, 5.41) is 3.47. The fourth-order valence-electron chi connectivity index (χ4n) is 1.94. The van der Waals surface area contributed by atoms with E-state index < -0.39 is 0 Å². The molecule has 2 aromatic rings. The summed E-state index contributed by atoms with van der Waals surface area (Å²) >= 11 is 0. The van der Waals surface area contributed by atoms with Gasteiger partial charge < -0.3 is 14.9 Å². The molecule has 17 heavy (non-hydrogen) atoms. The van der Waals surface area contributed by atoms with Crippen molar-refractivity contribution < 1.29 is 0 Å². The van der Waals surface area contributed by atoms with Gasteiger partial charge in [0, 0.05) is 37.4 Å². The van der Waals surface area contributed by atoms with E-state index in [0.717, 1.165) is 25.3 Å². The molecule has 0 radical (unpaired) electrons. The Labute approximate surface area is 102 Å². The molecule has 0 aliphatic rings. The first-order valence-corrected chi connectivity index (χ1v) is 6.18. The van der Waals surface area contributed by atoms with E-state index in [4.69, 9.17) is 0 Å². The standard InChI is InChI=1S/C13H20N4/c1-3-8-17-9-4-5-12(17)10-16-11(2)13-14-6-7-15-13/h4-7,9,11,16H,3,8,10H2,1-2H3,(H,14,15). The summed E-state index contributed by atoms with van der Waals surface area (Å²) in [4.78, 5) is 7.38. The Hall–Kier alpha value is -1.55. The molecule has 4 heteroatoms. The number of imidazole rings is 1. The largest absolute Gasteiger partial charge is 0.350 e. The van der Waals surface area contributed by atoms with Crippen molar-refractivity contribution in [3.63, 3.8) is 0 Å². The Morgan fingerprint density at radius 1 is 1.53 bits per heavy atom. The number of nitrogens with one attached hydrogen (secondary N) is 2. The summed E-state index contributed by atoms with van der Waals surface area (Å²) in [6.45, 7) is 6.27. The second kappa shape index (κ2) is 5.68. The highest BCUT2D eigenvalue weighted by atomic mass is 15.0. The molecular formula is C13H20N4. The third-order valence-electron chi connectivity index (χ3n) is 2.91. The first-order chi connectivity index (χ1) is 8.31. The highest BCUT2D eigenvalue weighted by Crippen LogP contribution is 2.08. The van der Waals surface area contributed by atoms with E-state index in [-0.39, 0.29) is 6.04 Å². The third-order valence-corrected chi connectivity index (χ3v) is 2.91. The fraction of sp³-hybridized carbons (Fsp3) is 0.462. The van der Waals surface area contributed by atoms with Crippen LogP contribution in [0, 0.1) is 0 Å². The molecule has 2 N–H and O–H groups in total. The number of hydrogen-bond acceptors (Lipinski definition) is 2. The SMILES string of the molecule is CCCn1cccc1CNC(C)c1ncc[nH]1. The van der Waals surface area contributed by atoms with Crippen LogP contribution in [0.5, 0.6) is 0 Å². The molecule has 0 amide bonds. The summed E-state index contributed by atoms with van der Waals surface area (Å²) in [7, 11) is 0. The van der Waals surface area contributed by atoms with Crippen molar-refractivity contribution in [1.29, 1.82) is 0 Å². The van der Waals surface area contributed by atoms with Crippen LogP contribution in [0.4, 0.5) is 0 Å². The molecule has 0 aliphatic carbocycles. The van der Waals surface area contributed by atoms with Crippen molar-refractivity contribution in [1.82, 2.24) is 19.9 Å². The van der Waals surface area contributed by atoms with Crippen LogP contribution in [-0.4, -0.2) is 14.5 Å². The topological polar surface area (TPSA) is 45.6 Å². The summed E-state index contributed by atoms with van der Waals surface area (Å²) in [5.41, 5.74) is 1.32. The van der Waals surface area contributed by atoms with Gasteiger partial charge in [-0.1, -0.05) is 6.92 Å². The van der Waals surface area contributed by atoms with E-state index in [1.165, 1.54) is 5.69 Å². The number of hydrogen-bond donors (Lipinski definition) is 2. The molecule has 0 fully saturated rings. The van der Waals surface area contributed by atoms with E-state index in [1.54, 1.807) is 6.20 Å². The maximum absolute atomic E-state index is 4.25. The van der Waals surface area contributed by atoms with Crippen molar-refractivity contribution in [3.05, 3.63) is 42.2 Å². The minimum Gasteiger partial charge on any atom is -0.350 e. The lowest BCUT2D eigenvalue weighted by molar-refractivity contribution is 0.525. The smallest absolute Gasteiger partial charge is 0.122 e. The van der Waals surface area contributed by atoms with Crippen LogP contribution in [0.1, 0.15) is 37.8 Å². The number of aromatic amines is 1. The predicted octanol–water partition coefficient (Wildman–Crippen LogP) is 2.47. The van der Waals surface area contributed by atoms with Crippen molar-refractivity contribution in [2.75, 3.05) is 0 Å². The Balaban J connectivity index is 1.91. The third kappa shape index (κ3) is 2.97. The van der Waals surface area contributed by atoms with Crippen LogP contribution in [0.15, 0.2) is 30.7 Å². The van der Waals surface area contributed by atoms with Crippen LogP contribution in [0.2, 0.25) is 0 Å². The molecular weight excluding hydrogens is 212 g/mol. The van der Waals surface area contributed by atoms with Crippen LogP contribution >= 0.6 is 0 Å². The number of aryl methyl sites for hydroxylation is 1. The fourth-order valence-corrected chi connectivity index (χ4v) is 1.94. The minimum atomic E-state index is 0.245. The zero-order chi connectivity index (χ0) is 12.1. The van der Waals surface area contributed by atoms with Gasteiger partial charge >= 0.3 is 0 Å². The van der Waals surface area contributed by atoms with Gasteiger partial charge in [-0.15, -0.1) is 0 Å². The summed E-state index contributed by atoms with van der Waals surface area (Å²) in [6, 6.07) is 4.51. The molecule has 0 aliphatic heterocycles. The Morgan fingerprint density at radius 2 is 2.41 bits per heavy atom. The summed E-state index contributed by atoms with van der Waals surface area (Å²) < 4.78 is 2.29. The quantitative estimate of drug-likeness (QED) is 0.803. The second-order valence-electron chi connectivity index (χ2n) is 4.27. The van der Waals surface area contributed by atoms with Crippen LogP contribution in [0.3, 0.4) is 0 Å². The number of nitrogens with zero attached hydrogens (tertiary/aromatic N) is 2. The molecule has 2 rings (SSSR count). The average molecular weight is 232 g/mol. The molecule has 4 nitrogen and oxygen atoms in total.